The topological polar surface area (TPSA) is 70.6 Å². The zero-order valence-electron chi connectivity index (χ0n) is 15.1. The van der Waals surface area contributed by atoms with Gasteiger partial charge in [-0.2, -0.15) is 0 Å². The van der Waals surface area contributed by atoms with Crippen molar-refractivity contribution in [2.24, 2.45) is 0 Å². The monoisotopic (exact) mass is 392 g/mol. The largest absolute Gasteiger partial charge is 0.506 e. The molecule has 0 atom stereocenters. The first-order valence-electron chi connectivity index (χ1n) is 8.79. The molecule has 0 unspecified atom stereocenters. The maximum absolute atomic E-state index is 12.3. The van der Waals surface area contributed by atoms with Crippen LogP contribution in [0.25, 0.3) is 0 Å². The van der Waals surface area contributed by atoms with Gasteiger partial charge in [0.15, 0.2) is 5.11 Å². The molecule has 0 saturated carbocycles. The Balaban J connectivity index is 1.49. The van der Waals surface area contributed by atoms with Crippen LogP contribution in [0, 0.1) is 0 Å². The molecule has 142 valence electrons. The first-order chi connectivity index (χ1) is 13.6. The van der Waals surface area contributed by atoms with Gasteiger partial charge in [-0.3, -0.25) is 10.1 Å². The number of para-hydroxylation sites is 2. The van der Waals surface area contributed by atoms with E-state index in [2.05, 4.69) is 22.8 Å². The Morgan fingerprint density at radius 1 is 0.929 bits per heavy atom. The highest BCUT2D eigenvalue weighted by molar-refractivity contribution is 7.80. The van der Waals surface area contributed by atoms with E-state index in [0.717, 1.165) is 6.42 Å². The smallest absolute Gasteiger partial charge is 0.257 e. The molecule has 0 aliphatic carbocycles. The van der Waals surface area contributed by atoms with Crippen LogP contribution in [0.2, 0.25) is 0 Å². The van der Waals surface area contributed by atoms with Crippen molar-refractivity contribution in [3.63, 3.8) is 0 Å². The van der Waals surface area contributed by atoms with E-state index in [0.29, 0.717) is 23.6 Å². The van der Waals surface area contributed by atoms with Crippen molar-refractivity contribution in [1.82, 2.24) is 5.32 Å². The molecule has 0 aromatic heterocycles. The Labute approximate surface area is 169 Å². The van der Waals surface area contributed by atoms with Crippen LogP contribution in [0.3, 0.4) is 0 Å². The fourth-order valence-electron chi connectivity index (χ4n) is 2.54. The molecule has 0 fully saturated rings. The van der Waals surface area contributed by atoms with E-state index in [9.17, 15) is 9.90 Å². The SMILES string of the molecule is O=C(NC(=S)Nc1ccccc1O)c1ccc(OCCc2ccccc2)cc1. The predicted octanol–water partition coefficient (Wildman–Crippen LogP) is 4.14. The Bertz CT molecular complexity index is 944. The number of thiocarbonyl (C=S) groups is 1. The van der Waals surface area contributed by atoms with Gasteiger partial charge in [0.2, 0.25) is 0 Å². The third-order valence-electron chi connectivity index (χ3n) is 4.00. The standard InChI is InChI=1S/C22H20N2O3S/c25-20-9-5-4-8-19(20)23-22(28)24-21(26)17-10-12-18(13-11-17)27-15-14-16-6-2-1-3-7-16/h1-13,25H,14-15H2,(H2,23,24,26,28). The van der Waals surface area contributed by atoms with Crippen molar-refractivity contribution in [2.75, 3.05) is 11.9 Å². The lowest BCUT2D eigenvalue weighted by Crippen LogP contribution is -2.34. The Morgan fingerprint density at radius 3 is 2.32 bits per heavy atom. The summed E-state index contributed by atoms with van der Waals surface area (Å²) in [5, 5.41) is 15.2. The predicted molar refractivity (Wildman–Crippen MR) is 114 cm³/mol. The average molecular weight is 392 g/mol. The first kappa shape index (κ1) is 19.4. The van der Waals surface area contributed by atoms with Crippen LogP contribution < -0.4 is 15.4 Å². The molecule has 3 rings (SSSR count). The van der Waals surface area contributed by atoms with Gasteiger partial charge in [-0.25, -0.2) is 0 Å². The summed E-state index contributed by atoms with van der Waals surface area (Å²) in [6.45, 7) is 0.560. The molecule has 0 aliphatic rings. The van der Waals surface area contributed by atoms with Crippen molar-refractivity contribution in [3.05, 3.63) is 90.0 Å². The third kappa shape index (κ3) is 5.56. The van der Waals surface area contributed by atoms with E-state index < -0.39 is 0 Å². The average Bonchev–Trinajstić information content (AvgIpc) is 2.71. The molecule has 0 spiro atoms. The number of aromatic hydroxyl groups is 1. The fraction of sp³-hybridized carbons (Fsp3) is 0.0909. The first-order valence-corrected chi connectivity index (χ1v) is 9.20. The summed E-state index contributed by atoms with van der Waals surface area (Å²) >= 11 is 5.12. The van der Waals surface area contributed by atoms with Crippen LogP contribution in [0.15, 0.2) is 78.9 Å². The molecule has 0 radical (unpaired) electrons. The highest BCUT2D eigenvalue weighted by atomic mass is 32.1. The van der Waals surface area contributed by atoms with Gasteiger partial charge >= 0.3 is 0 Å². The van der Waals surface area contributed by atoms with Gasteiger partial charge in [-0.15, -0.1) is 0 Å². The van der Waals surface area contributed by atoms with Gasteiger partial charge in [0.05, 0.1) is 12.3 Å². The summed E-state index contributed by atoms with van der Waals surface area (Å²) in [5.74, 6) is 0.405. The normalized spacial score (nSPS) is 10.1. The second-order valence-corrected chi connectivity index (χ2v) is 6.44. The summed E-state index contributed by atoms with van der Waals surface area (Å²) in [7, 11) is 0. The van der Waals surface area contributed by atoms with Gasteiger partial charge in [0.25, 0.3) is 5.91 Å². The number of hydrogen-bond acceptors (Lipinski definition) is 4. The second kappa shape index (κ2) is 9.53. The number of hydrogen-bond donors (Lipinski definition) is 3. The quantitative estimate of drug-likeness (QED) is 0.434. The summed E-state index contributed by atoms with van der Waals surface area (Å²) in [5.41, 5.74) is 2.09. The van der Waals surface area contributed by atoms with Crippen LogP contribution >= 0.6 is 12.2 Å². The van der Waals surface area contributed by atoms with E-state index >= 15 is 0 Å². The number of anilines is 1. The highest BCUT2D eigenvalue weighted by Gasteiger charge is 2.09. The Morgan fingerprint density at radius 2 is 1.61 bits per heavy atom. The van der Waals surface area contributed by atoms with Gasteiger partial charge < -0.3 is 15.2 Å². The number of carbonyl (C=O) groups is 1. The highest BCUT2D eigenvalue weighted by Crippen LogP contribution is 2.21. The molecule has 6 heteroatoms. The number of ether oxygens (including phenoxy) is 1. The molecule has 28 heavy (non-hydrogen) atoms. The number of amides is 1. The number of carbonyl (C=O) groups excluding carboxylic acids is 1. The van der Waals surface area contributed by atoms with Gasteiger partial charge in [-0.1, -0.05) is 42.5 Å². The zero-order chi connectivity index (χ0) is 19.8. The van der Waals surface area contributed by atoms with Gasteiger partial charge in [0, 0.05) is 12.0 Å². The minimum absolute atomic E-state index is 0.0519. The molecule has 1 amide bonds. The lowest BCUT2D eigenvalue weighted by Gasteiger charge is -2.11. The van der Waals surface area contributed by atoms with E-state index in [1.165, 1.54) is 11.6 Å². The van der Waals surface area contributed by atoms with E-state index in [-0.39, 0.29) is 16.8 Å². The van der Waals surface area contributed by atoms with E-state index in [1.54, 1.807) is 42.5 Å². The minimum atomic E-state index is -0.344. The molecule has 0 heterocycles. The molecule has 3 N–H and O–H groups in total. The van der Waals surface area contributed by atoms with Crippen molar-refractivity contribution in [2.45, 2.75) is 6.42 Å². The number of rotatable bonds is 6. The molecule has 0 aliphatic heterocycles. The zero-order valence-corrected chi connectivity index (χ0v) is 15.9. The molecule has 3 aromatic rings. The maximum atomic E-state index is 12.3. The third-order valence-corrected chi connectivity index (χ3v) is 4.20. The maximum Gasteiger partial charge on any atom is 0.257 e. The Hall–Kier alpha value is -3.38. The summed E-state index contributed by atoms with van der Waals surface area (Å²) in [4.78, 5) is 12.3. The van der Waals surface area contributed by atoms with Crippen LogP contribution in [0.4, 0.5) is 5.69 Å². The van der Waals surface area contributed by atoms with Gasteiger partial charge in [-0.05, 0) is 54.2 Å². The summed E-state index contributed by atoms with van der Waals surface area (Å²) in [6, 6.07) is 23.6. The molecule has 3 aromatic carbocycles. The lowest BCUT2D eigenvalue weighted by molar-refractivity contribution is 0.0977. The summed E-state index contributed by atoms with van der Waals surface area (Å²) < 4.78 is 5.72. The number of benzene rings is 3. The van der Waals surface area contributed by atoms with E-state index in [4.69, 9.17) is 17.0 Å². The van der Waals surface area contributed by atoms with Crippen LogP contribution in [-0.2, 0) is 6.42 Å². The molecule has 0 saturated heterocycles. The summed E-state index contributed by atoms with van der Waals surface area (Å²) in [6.07, 6.45) is 0.815. The van der Waals surface area contributed by atoms with Crippen molar-refractivity contribution in [3.8, 4) is 11.5 Å². The second-order valence-electron chi connectivity index (χ2n) is 6.03. The fourth-order valence-corrected chi connectivity index (χ4v) is 2.74. The van der Waals surface area contributed by atoms with Crippen LogP contribution in [0.1, 0.15) is 15.9 Å². The number of nitrogens with one attached hydrogen (secondary N) is 2. The van der Waals surface area contributed by atoms with Crippen molar-refractivity contribution >= 4 is 28.9 Å². The lowest BCUT2D eigenvalue weighted by atomic mass is 10.2. The number of phenols is 1. The molecule has 5 nitrogen and oxygen atoms in total. The number of phenolic OH excluding ortho intramolecular Hbond substituents is 1. The van der Waals surface area contributed by atoms with Crippen molar-refractivity contribution < 1.29 is 14.6 Å². The molecule has 0 bridgehead atoms. The van der Waals surface area contributed by atoms with Crippen LogP contribution in [-0.4, -0.2) is 22.7 Å². The van der Waals surface area contributed by atoms with Crippen molar-refractivity contribution in [1.29, 1.82) is 0 Å². The van der Waals surface area contributed by atoms with Gasteiger partial charge in [0.1, 0.15) is 11.5 Å². The Kier molecular flexibility index (Phi) is 6.59. The molecular weight excluding hydrogens is 372 g/mol. The van der Waals surface area contributed by atoms with Crippen LogP contribution in [0.5, 0.6) is 11.5 Å². The minimum Gasteiger partial charge on any atom is -0.506 e. The van der Waals surface area contributed by atoms with E-state index in [1.807, 2.05) is 18.2 Å². The molecular formula is C22H20N2O3S.